The van der Waals surface area contributed by atoms with E-state index in [0.29, 0.717) is 25.2 Å². The summed E-state index contributed by atoms with van der Waals surface area (Å²) in [4.78, 5) is 6.48. The molecule has 2 N–H and O–H groups in total. The van der Waals surface area contributed by atoms with Gasteiger partial charge in [0.25, 0.3) is 0 Å². The lowest BCUT2D eigenvalue weighted by Crippen LogP contribution is -2.40. The van der Waals surface area contributed by atoms with Crippen LogP contribution in [0.2, 0.25) is 0 Å². The van der Waals surface area contributed by atoms with E-state index >= 15 is 0 Å². The second-order valence-electron chi connectivity index (χ2n) is 4.71. The monoisotopic (exact) mass is 227 g/mol. The van der Waals surface area contributed by atoms with Gasteiger partial charge in [-0.15, -0.1) is 0 Å². The summed E-state index contributed by atoms with van der Waals surface area (Å²) < 4.78 is 10.9. The quantitative estimate of drug-likeness (QED) is 0.550. The zero-order chi connectivity index (χ0) is 11.6. The van der Waals surface area contributed by atoms with Crippen LogP contribution in [0.15, 0.2) is 4.99 Å². The van der Waals surface area contributed by atoms with Gasteiger partial charge in [0.05, 0.1) is 13.2 Å². The summed E-state index contributed by atoms with van der Waals surface area (Å²) in [6.45, 7) is 1.96. The molecule has 1 aliphatic carbocycles. The summed E-state index contributed by atoms with van der Waals surface area (Å²) in [7, 11) is 3.71. The van der Waals surface area contributed by atoms with Gasteiger partial charge in [-0.25, -0.2) is 0 Å². The number of nitrogens with two attached hydrogens (primary N) is 1. The topological polar surface area (TPSA) is 60.1 Å². The summed E-state index contributed by atoms with van der Waals surface area (Å²) in [5.74, 6) is 0.617. The summed E-state index contributed by atoms with van der Waals surface area (Å²) in [6.07, 6.45) is 3.35. The summed E-state index contributed by atoms with van der Waals surface area (Å²) in [6, 6.07) is 0.599. The molecule has 0 radical (unpaired) electrons. The Labute approximate surface area is 96.6 Å². The largest absolute Gasteiger partial charge is 0.378 e. The highest BCUT2D eigenvalue weighted by atomic mass is 16.5. The SMILES string of the molecule is COC1(CN=C(N)N(C)C2CC2)CCOC1. The molecule has 0 aromatic heterocycles. The average Bonchev–Trinajstić information content (AvgIpc) is 3.05. The second kappa shape index (κ2) is 4.59. The third kappa shape index (κ3) is 2.47. The van der Waals surface area contributed by atoms with Crippen LogP contribution in [0.4, 0.5) is 0 Å². The molecule has 1 aliphatic heterocycles. The van der Waals surface area contributed by atoms with E-state index in [4.69, 9.17) is 15.2 Å². The first-order chi connectivity index (χ1) is 7.67. The van der Waals surface area contributed by atoms with Crippen molar-refractivity contribution >= 4 is 5.96 Å². The van der Waals surface area contributed by atoms with Gasteiger partial charge in [0, 0.05) is 33.2 Å². The molecular formula is C11H21N3O2. The summed E-state index contributed by atoms with van der Waals surface area (Å²) in [5.41, 5.74) is 5.67. The number of methoxy groups -OCH3 is 1. The predicted molar refractivity (Wildman–Crippen MR) is 62.5 cm³/mol. The van der Waals surface area contributed by atoms with Crippen molar-refractivity contribution < 1.29 is 9.47 Å². The fourth-order valence-electron chi connectivity index (χ4n) is 1.92. The lowest BCUT2D eigenvalue weighted by Gasteiger charge is -2.25. The lowest BCUT2D eigenvalue weighted by atomic mass is 10.0. The summed E-state index contributed by atoms with van der Waals surface area (Å²) in [5, 5.41) is 0. The van der Waals surface area contributed by atoms with Crippen molar-refractivity contribution in [3.8, 4) is 0 Å². The van der Waals surface area contributed by atoms with Gasteiger partial charge in [0.15, 0.2) is 5.96 Å². The molecule has 5 nitrogen and oxygen atoms in total. The Morgan fingerprint density at radius 2 is 2.38 bits per heavy atom. The number of hydrogen-bond acceptors (Lipinski definition) is 3. The van der Waals surface area contributed by atoms with Crippen LogP contribution in [0.25, 0.3) is 0 Å². The van der Waals surface area contributed by atoms with Crippen molar-refractivity contribution in [3.63, 3.8) is 0 Å². The molecule has 2 fully saturated rings. The minimum absolute atomic E-state index is 0.255. The Morgan fingerprint density at radius 3 is 2.88 bits per heavy atom. The van der Waals surface area contributed by atoms with Gasteiger partial charge in [-0.1, -0.05) is 0 Å². The highest BCUT2D eigenvalue weighted by molar-refractivity contribution is 5.78. The third-order valence-corrected chi connectivity index (χ3v) is 3.49. The minimum Gasteiger partial charge on any atom is -0.378 e. The van der Waals surface area contributed by atoms with E-state index in [1.165, 1.54) is 12.8 Å². The van der Waals surface area contributed by atoms with E-state index in [1.54, 1.807) is 7.11 Å². The van der Waals surface area contributed by atoms with Crippen LogP contribution in [0.1, 0.15) is 19.3 Å². The molecule has 0 spiro atoms. The Kier molecular flexibility index (Phi) is 3.35. The van der Waals surface area contributed by atoms with E-state index in [-0.39, 0.29) is 5.60 Å². The van der Waals surface area contributed by atoms with Gasteiger partial charge >= 0.3 is 0 Å². The van der Waals surface area contributed by atoms with Crippen molar-refractivity contribution in [2.75, 3.05) is 33.9 Å². The lowest BCUT2D eigenvalue weighted by molar-refractivity contribution is -0.00916. The van der Waals surface area contributed by atoms with E-state index in [1.807, 2.05) is 7.05 Å². The molecule has 2 rings (SSSR count). The Bertz CT molecular complexity index is 270. The molecule has 92 valence electrons. The van der Waals surface area contributed by atoms with Crippen LogP contribution in [0.3, 0.4) is 0 Å². The highest BCUT2D eigenvalue weighted by Crippen LogP contribution is 2.26. The highest BCUT2D eigenvalue weighted by Gasteiger charge is 2.35. The van der Waals surface area contributed by atoms with Crippen molar-refractivity contribution in [1.82, 2.24) is 4.90 Å². The van der Waals surface area contributed by atoms with Gasteiger partial charge in [-0.05, 0) is 12.8 Å². The van der Waals surface area contributed by atoms with E-state index in [0.717, 1.165) is 13.0 Å². The first kappa shape index (κ1) is 11.7. The van der Waals surface area contributed by atoms with Crippen LogP contribution in [0, 0.1) is 0 Å². The van der Waals surface area contributed by atoms with Crippen molar-refractivity contribution in [2.24, 2.45) is 10.7 Å². The average molecular weight is 227 g/mol. The maximum absolute atomic E-state index is 5.93. The summed E-state index contributed by atoms with van der Waals surface area (Å²) >= 11 is 0. The number of guanidine groups is 1. The first-order valence-electron chi connectivity index (χ1n) is 5.82. The Balaban J connectivity index is 1.90. The predicted octanol–water partition coefficient (Wildman–Crippen LogP) is 0.201. The number of rotatable bonds is 4. The fourth-order valence-corrected chi connectivity index (χ4v) is 1.92. The molecule has 0 amide bonds. The van der Waals surface area contributed by atoms with Gasteiger partial charge in [0.1, 0.15) is 5.60 Å². The Hall–Kier alpha value is -0.810. The van der Waals surface area contributed by atoms with E-state index < -0.39 is 0 Å². The second-order valence-corrected chi connectivity index (χ2v) is 4.71. The zero-order valence-electron chi connectivity index (χ0n) is 10.1. The van der Waals surface area contributed by atoms with Gasteiger partial charge in [-0.2, -0.15) is 0 Å². The van der Waals surface area contributed by atoms with Crippen LogP contribution in [0.5, 0.6) is 0 Å². The minimum atomic E-state index is -0.255. The maximum Gasteiger partial charge on any atom is 0.191 e. The number of nitrogens with zero attached hydrogens (tertiary/aromatic N) is 2. The molecule has 1 saturated carbocycles. The number of ether oxygens (including phenoxy) is 2. The van der Waals surface area contributed by atoms with Gasteiger partial charge in [0.2, 0.25) is 0 Å². The third-order valence-electron chi connectivity index (χ3n) is 3.49. The van der Waals surface area contributed by atoms with Crippen molar-refractivity contribution in [1.29, 1.82) is 0 Å². The number of aliphatic imine (C=N–C) groups is 1. The normalized spacial score (nSPS) is 30.8. The van der Waals surface area contributed by atoms with Crippen LogP contribution < -0.4 is 5.73 Å². The van der Waals surface area contributed by atoms with Crippen LogP contribution >= 0.6 is 0 Å². The molecule has 2 aliphatic rings. The molecule has 0 bridgehead atoms. The molecule has 1 unspecified atom stereocenters. The molecule has 1 saturated heterocycles. The molecule has 0 aromatic carbocycles. The molecule has 5 heteroatoms. The molecule has 1 atom stereocenters. The molecule has 1 heterocycles. The number of hydrogen-bond donors (Lipinski definition) is 1. The first-order valence-corrected chi connectivity index (χ1v) is 5.82. The van der Waals surface area contributed by atoms with Crippen molar-refractivity contribution in [2.45, 2.75) is 30.9 Å². The molecule has 0 aromatic rings. The van der Waals surface area contributed by atoms with Crippen molar-refractivity contribution in [3.05, 3.63) is 0 Å². The smallest absolute Gasteiger partial charge is 0.191 e. The fraction of sp³-hybridized carbons (Fsp3) is 0.909. The molecular weight excluding hydrogens is 206 g/mol. The zero-order valence-corrected chi connectivity index (χ0v) is 10.1. The van der Waals surface area contributed by atoms with Crippen LogP contribution in [-0.2, 0) is 9.47 Å². The Morgan fingerprint density at radius 1 is 1.62 bits per heavy atom. The van der Waals surface area contributed by atoms with Gasteiger partial charge in [-0.3, -0.25) is 4.99 Å². The van der Waals surface area contributed by atoms with Crippen LogP contribution in [-0.4, -0.2) is 56.4 Å². The van der Waals surface area contributed by atoms with Gasteiger partial charge < -0.3 is 20.1 Å². The molecule has 16 heavy (non-hydrogen) atoms. The maximum atomic E-state index is 5.93. The van der Waals surface area contributed by atoms with E-state index in [2.05, 4.69) is 9.89 Å². The van der Waals surface area contributed by atoms with E-state index in [9.17, 15) is 0 Å². The standard InChI is InChI=1S/C11H21N3O2/c1-14(9-3-4-9)10(12)13-7-11(15-2)5-6-16-8-11/h9H,3-8H2,1-2H3,(H2,12,13).